The Balaban J connectivity index is 1.85. The highest BCUT2D eigenvalue weighted by molar-refractivity contribution is 6.33. The van der Waals surface area contributed by atoms with Crippen molar-refractivity contribution in [2.24, 2.45) is 0 Å². The van der Waals surface area contributed by atoms with Crippen molar-refractivity contribution in [3.8, 4) is 0 Å². The van der Waals surface area contributed by atoms with Crippen molar-refractivity contribution in [3.05, 3.63) is 58.3 Å². The van der Waals surface area contributed by atoms with Crippen molar-refractivity contribution in [3.63, 3.8) is 0 Å². The molecule has 0 saturated heterocycles. The minimum atomic E-state index is -0.586. The first kappa shape index (κ1) is 19.2. The number of carbonyl (C=O) groups is 2. The van der Waals surface area contributed by atoms with Crippen molar-refractivity contribution in [1.82, 2.24) is 4.90 Å². The second kappa shape index (κ2) is 8.80. The first-order chi connectivity index (χ1) is 11.8. The van der Waals surface area contributed by atoms with Crippen LogP contribution in [0.2, 0.25) is 10.0 Å². The van der Waals surface area contributed by atoms with E-state index >= 15 is 0 Å². The van der Waals surface area contributed by atoms with Crippen molar-refractivity contribution in [2.45, 2.75) is 0 Å². The molecule has 2 aromatic carbocycles. The van der Waals surface area contributed by atoms with Crippen molar-refractivity contribution in [2.75, 3.05) is 30.8 Å². The Labute approximate surface area is 154 Å². The number of benzene rings is 2. The van der Waals surface area contributed by atoms with Gasteiger partial charge in [0.15, 0.2) is 0 Å². The van der Waals surface area contributed by atoms with E-state index in [0.29, 0.717) is 15.7 Å². The van der Waals surface area contributed by atoms with Gasteiger partial charge in [-0.3, -0.25) is 14.5 Å². The fourth-order valence-corrected chi connectivity index (χ4v) is 2.44. The Bertz CT molecular complexity index is 786. The van der Waals surface area contributed by atoms with E-state index in [9.17, 15) is 14.0 Å². The number of halogens is 3. The highest BCUT2D eigenvalue weighted by Crippen LogP contribution is 2.20. The van der Waals surface area contributed by atoms with E-state index in [2.05, 4.69) is 10.6 Å². The van der Waals surface area contributed by atoms with Crippen molar-refractivity contribution < 1.29 is 14.0 Å². The zero-order chi connectivity index (χ0) is 18.4. The minimum absolute atomic E-state index is 0.00795. The van der Waals surface area contributed by atoms with Crippen LogP contribution < -0.4 is 10.6 Å². The Morgan fingerprint density at radius 1 is 1.00 bits per heavy atom. The number of likely N-dealkylation sites (N-methyl/N-ethyl adjacent to an activating group) is 1. The van der Waals surface area contributed by atoms with Gasteiger partial charge in [-0.05, 0) is 37.4 Å². The highest BCUT2D eigenvalue weighted by Gasteiger charge is 2.13. The molecular weight excluding hydrogens is 368 g/mol. The molecule has 2 N–H and O–H groups in total. The Kier molecular flexibility index (Phi) is 6.75. The number of nitrogens with one attached hydrogen (secondary N) is 2. The van der Waals surface area contributed by atoms with Crippen LogP contribution in [0.4, 0.5) is 15.8 Å². The van der Waals surface area contributed by atoms with E-state index in [4.69, 9.17) is 23.2 Å². The van der Waals surface area contributed by atoms with Crippen LogP contribution in [0.1, 0.15) is 0 Å². The summed E-state index contributed by atoms with van der Waals surface area (Å²) in [5, 5.41) is 5.81. The summed E-state index contributed by atoms with van der Waals surface area (Å²) in [5.41, 5.74) is 0.486. The Hall–Kier alpha value is -2.15. The highest BCUT2D eigenvalue weighted by atomic mass is 35.5. The van der Waals surface area contributed by atoms with Gasteiger partial charge in [0, 0.05) is 5.02 Å². The van der Waals surface area contributed by atoms with Crippen LogP contribution in [-0.4, -0.2) is 36.9 Å². The topological polar surface area (TPSA) is 61.4 Å². The maximum Gasteiger partial charge on any atom is 0.238 e. The van der Waals surface area contributed by atoms with Crippen LogP contribution in [-0.2, 0) is 9.59 Å². The number of carbonyl (C=O) groups excluding carboxylic acids is 2. The number of para-hydroxylation sites is 1. The molecule has 0 aliphatic carbocycles. The molecule has 2 rings (SSSR count). The lowest BCUT2D eigenvalue weighted by Gasteiger charge is -2.16. The quantitative estimate of drug-likeness (QED) is 0.800. The molecule has 8 heteroatoms. The fraction of sp³-hybridized carbons (Fsp3) is 0.176. The molecule has 0 aliphatic heterocycles. The summed E-state index contributed by atoms with van der Waals surface area (Å²) in [7, 11) is 1.60. The number of hydrogen-bond acceptors (Lipinski definition) is 3. The second-order valence-corrected chi connectivity index (χ2v) is 6.22. The maximum absolute atomic E-state index is 13.6. The third-order valence-electron chi connectivity index (χ3n) is 3.18. The van der Waals surface area contributed by atoms with E-state index < -0.39 is 11.7 Å². The van der Waals surface area contributed by atoms with Crippen molar-refractivity contribution in [1.29, 1.82) is 0 Å². The molecule has 0 aliphatic rings. The summed E-state index contributed by atoms with van der Waals surface area (Å²) in [6.07, 6.45) is 0. The molecule has 0 fully saturated rings. The van der Waals surface area contributed by atoms with E-state index in [1.165, 1.54) is 23.1 Å². The molecular formula is C17H16Cl2FN3O2. The number of anilines is 2. The lowest BCUT2D eigenvalue weighted by Crippen LogP contribution is -2.36. The molecule has 0 heterocycles. The zero-order valence-electron chi connectivity index (χ0n) is 13.4. The van der Waals surface area contributed by atoms with Gasteiger partial charge in [-0.2, -0.15) is 0 Å². The van der Waals surface area contributed by atoms with Gasteiger partial charge in [0.25, 0.3) is 0 Å². The van der Waals surface area contributed by atoms with Crippen LogP contribution in [0, 0.1) is 5.82 Å². The number of hydrogen-bond donors (Lipinski definition) is 2. The van der Waals surface area contributed by atoms with Gasteiger partial charge in [-0.1, -0.05) is 35.3 Å². The van der Waals surface area contributed by atoms with Crippen LogP contribution >= 0.6 is 23.2 Å². The molecule has 0 radical (unpaired) electrons. The first-order valence-electron chi connectivity index (χ1n) is 7.33. The van der Waals surface area contributed by atoms with Crippen LogP contribution in [0.15, 0.2) is 42.5 Å². The van der Waals surface area contributed by atoms with Gasteiger partial charge in [0.1, 0.15) is 5.82 Å². The standard InChI is InChI=1S/C17H16Cl2FN3O2/c1-23(9-16(24)21-14-5-3-2-4-12(14)19)10-17(25)22-15-8-11(18)6-7-13(15)20/h2-8H,9-10H2,1H3,(H,21,24)(H,22,25). The van der Waals surface area contributed by atoms with Gasteiger partial charge in [0.05, 0.1) is 29.5 Å². The summed E-state index contributed by atoms with van der Waals surface area (Å²) in [6, 6.07) is 10.7. The lowest BCUT2D eigenvalue weighted by atomic mass is 10.3. The van der Waals surface area contributed by atoms with E-state index in [-0.39, 0.29) is 24.7 Å². The summed E-state index contributed by atoms with van der Waals surface area (Å²) < 4.78 is 13.6. The molecule has 0 bridgehead atoms. The fourth-order valence-electron chi connectivity index (χ4n) is 2.08. The average molecular weight is 384 g/mol. The van der Waals surface area contributed by atoms with Crippen molar-refractivity contribution >= 4 is 46.4 Å². The summed E-state index contributed by atoms with van der Waals surface area (Å²) in [6.45, 7) is -0.126. The number of nitrogens with zero attached hydrogens (tertiary/aromatic N) is 1. The molecule has 0 saturated carbocycles. The lowest BCUT2D eigenvalue weighted by molar-refractivity contribution is -0.119. The predicted octanol–water partition coefficient (Wildman–Crippen LogP) is 3.64. The minimum Gasteiger partial charge on any atom is -0.324 e. The Morgan fingerprint density at radius 3 is 2.24 bits per heavy atom. The van der Waals surface area contributed by atoms with Gasteiger partial charge in [-0.25, -0.2) is 4.39 Å². The molecule has 0 aromatic heterocycles. The molecule has 132 valence electrons. The number of rotatable bonds is 6. The van der Waals surface area contributed by atoms with Gasteiger partial charge in [-0.15, -0.1) is 0 Å². The molecule has 2 amide bonds. The third-order valence-corrected chi connectivity index (χ3v) is 3.74. The van der Waals surface area contributed by atoms with E-state index in [1.807, 2.05) is 0 Å². The normalized spacial score (nSPS) is 10.6. The molecule has 2 aromatic rings. The third kappa shape index (κ3) is 6.01. The SMILES string of the molecule is CN(CC(=O)Nc1cc(Cl)ccc1F)CC(=O)Nc1ccccc1Cl. The van der Waals surface area contributed by atoms with Gasteiger partial charge in [0.2, 0.25) is 11.8 Å². The second-order valence-electron chi connectivity index (χ2n) is 5.37. The molecule has 5 nitrogen and oxygen atoms in total. The van der Waals surface area contributed by atoms with Crippen LogP contribution in [0.3, 0.4) is 0 Å². The predicted molar refractivity (Wildman–Crippen MR) is 97.6 cm³/mol. The first-order valence-corrected chi connectivity index (χ1v) is 8.08. The molecule has 25 heavy (non-hydrogen) atoms. The van der Waals surface area contributed by atoms with Crippen LogP contribution in [0.25, 0.3) is 0 Å². The monoisotopic (exact) mass is 383 g/mol. The zero-order valence-corrected chi connectivity index (χ0v) is 14.9. The maximum atomic E-state index is 13.6. The van der Waals surface area contributed by atoms with E-state index in [1.54, 1.807) is 31.3 Å². The number of amides is 2. The molecule has 0 atom stereocenters. The smallest absolute Gasteiger partial charge is 0.238 e. The summed E-state index contributed by atoms with van der Waals surface area (Å²) in [4.78, 5) is 25.4. The Morgan fingerprint density at radius 2 is 1.60 bits per heavy atom. The summed E-state index contributed by atoms with van der Waals surface area (Å²) >= 11 is 11.7. The van der Waals surface area contributed by atoms with Crippen LogP contribution in [0.5, 0.6) is 0 Å². The molecule has 0 spiro atoms. The van der Waals surface area contributed by atoms with Gasteiger partial charge < -0.3 is 10.6 Å². The summed E-state index contributed by atoms with van der Waals surface area (Å²) in [5.74, 6) is -1.37. The molecule has 0 unspecified atom stereocenters. The van der Waals surface area contributed by atoms with Gasteiger partial charge >= 0.3 is 0 Å². The largest absolute Gasteiger partial charge is 0.324 e. The average Bonchev–Trinajstić information content (AvgIpc) is 2.52. The van der Waals surface area contributed by atoms with E-state index in [0.717, 1.165) is 0 Å².